The van der Waals surface area contributed by atoms with Gasteiger partial charge in [0.1, 0.15) is 6.61 Å². The van der Waals surface area contributed by atoms with E-state index >= 15 is 0 Å². The van der Waals surface area contributed by atoms with Gasteiger partial charge in [0.2, 0.25) is 0 Å². The van der Waals surface area contributed by atoms with Crippen molar-refractivity contribution in [2.75, 3.05) is 19.5 Å². The Morgan fingerprint density at radius 1 is 1.03 bits per heavy atom. The van der Waals surface area contributed by atoms with Crippen molar-refractivity contribution in [3.63, 3.8) is 0 Å². The molecule has 0 bridgehead atoms. The van der Waals surface area contributed by atoms with Crippen molar-refractivity contribution in [3.8, 4) is 11.5 Å². The average molecular weight is 416 g/mol. The molecule has 1 aromatic heterocycles. The lowest BCUT2D eigenvalue weighted by Gasteiger charge is -2.15. The van der Waals surface area contributed by atoms with E-state index in [1.807, 2.05) is 0 Å². The normalized spacial score (nSPS) is 10.3. The van der Waals surface area contributed by atoms with Crippen LogP contribution in [-0.4, -0.2) is 26.1 Å². The molecule has 0 spiro atoms. The predicted molar refractivity (Wildman–Crippen MR) is 107 cm³/mol. The molecule has 8 heteroatoms. The van der Waals surface area contributed by atoms with Gasteiger partial charge >= 0.3 is 5.97 Å². The summed E-state index contributed by atoms with van der Waals surface area (Å²) in [5, 5.41) is 3.18. The van der Waals surface area contributed by atoms with E-state index in [1.165, 1.54) is 38.7 Å². The number of carbonyl (C=O) groups is 2. The number of esters is 1. The Morgan fingerprint density at radius 3 is 2.45 bits per heavy atom. The van der Waals surface area contributed by atoms with Gasteiger partial charge < -0.3 is 23.9 Å². The van der Waals surface area contributed by atoms with Crippen molar-refractivity contribution in [2.45, 2.75) is 6.61 Å². The predicted octanol–water partition coefficient (Wildman–Crippen LogP) is 4.56. The van der Waals surface area contributed by atoms with Crippen molar-refractivity contribution in [1.29, 1.82) is 0 Å². The summed E-state index contributed by atoms with van der Waals surface area (Å²) in [6, 6.07) is 13.0. The summed E-state index contributed by atoms with van der Waals surface area (Å²) in [5.74, 6) is -0.420. The Balaban J connectivity index is 1.87. The first-order chi connectivity index (χ1) is 14.0. The number of nitrogens with one attached hydrogen (secondary N) is 1. The second-order valence-corrected chi connectivity index (χ2v) is 6.33. The third-order valence-corrected chi connectivity index (χ3v) is 4.23. The minimum atomic E-state index is -0.652. The van der Waals surface area contributed by atoms with Crippen molar-refractivity contribution in [3.05, 3.63) is 76.7 Å². The van der Waals surface area contributed by atoms with Crippen LogP contribution < -0.4 is 14.8 Å². The average Bonchev–Trinajstić information content (AvgIpc) is 3.26. The Morgan fingerprint density at radius 2 is 1.79 bits per heavy atom. The molecule has 1 N–H and O–H groups in total. The second-order valence-electron chi connectivity index (χ2n) is 5.89. The van der Waals surface area contributed by atoms with E-state index in [0.717, 1.165) is 5.56 Å². The van der Waals surface area contributed by atoms with Gasteiger partial charge in [-0.1, -0.05) is 23.7 Å². The third-order valence-electron chi connectivity index (χ3n) is 4.00. The Hall–Kier alpha value is -3.45. The maximum atomic E-state index is 12.7. The topological polar surface area (TPSA) is 87.0 Å². The number of benzene rings is 2. The highest BCUT2D eigenvalue weighted by Crippen LogP contribution is 2.34. The maximum Gasteiger partial charge on any atom is 0.340 e. The fourth-order valence-electron chi connectivity index (χ4n) is 2.60. The summed E-state index contributed by atoms with van der Waals surface area (Å²) < 4.78 is 21.0. The zero-order valence-corrected chi connectivity index (χ0v) is 16.5. The first-order valence-corrected chi connectivity index (χ1v) is 8.92. The minimum absolute atomic E-state index is 0.0132. The van der Waals surface area contributed by atoms with Gasteiger partial charge in [0.25, 0.3) is 5.91 Å². The molecule has 2 aromatic carbocycles. The van der Waals surface area contributed by atoms with E-state index in [2.05, 4.69) is 5.32 Å². The molecule has 0 saturated carbocycles. The van der Waals surface area contributed by atoms with E-state index in [1.54, 1.807) is 30.3 Å². The quantitative estimate of drug-likeness (QED) is 0.569. The monoisotopic (exact) mass is 415 g/mol. The fourth-order valence-corrected chi connectivity index (χ4v) is 2.81. The van der Waals surface area contributed by atoms with Gasteiger partial charge in [-0.15, -0.1) is 0 Å². The van der Waals surface area contributed by atoms with Crippen LogP contribution in [-0.2, 0) is 11.3 Å². The zero-order chi connectivity index (χ0) is 20.8. The van der Waals surface area contributed by atoms with Crippen molar-refractivity contribution >= 4 is 29.2 Å². The van der Waals surface area contributed by atoms with E-state index in [4.69, 9.17) is 30.2 Å². The van der Waals surface area contributed by atoms with Crippen LogP contribution >= 0.6 is 11.6 Å². The molecule has 0 aliphatic heterocycles. The standard InChI is InChI=1S/C21H18ClNO6/c1-26-18-10-15(21(25)29-12-13-5-3-6-14(22)9-13)16(11-19(18)27-2)23-20(24)17-7-4-8-28-17/h3-11H,12H2,1-2H3,(H,23,24). The third kappa shape index (κ3) is 4.89. The van der Waals surface area contributed by atoms with Crippen LogP contribution in [0.25, 0.3) is 0 Å². The lowest BCUT2D eigenvalue weighted by Crippen LogP contribution is -2.16. The van der Waals surface area contributed by atoms with Gasteiger partial charge in [0.05, 0.1) is 31.7 Å². The van der Waals surface area contributed by atoms with Crippen LogP contribution in [0.3, 0.4) is 0 Å². The van der Waals surface area contributed by atoms with Crippen LogP contribution in [0.2, 0.25) is 5.02 Å². The summed E-state index contributed by atoms with van der Waals surface area (Å²) in [6.45, 7) is 0.0132. The summed E-state index contributed by atoms with van der Waals surface area (Å²) in [7, 11) is 2.90. The molecule has 0 fully saturated rings. The van der Waals surface area contributed by atoms with E-state index in [9.17, 15) is 9.59 Å². The number of ether oxygens (including phenoxy) is 3. The first kappa shape index (κ1) is 20.3. The summed E-state index contributed by atoms with van der Waals surface area (Å²) in [6.07, 6.45) is 1.38. The second kappa shape index (κ2) is 9.16. The summed E-state index contributed by atoms with van der Waals surface area (Å²) >= 11 is 5.95. The lowest BCUT2D eigenvalue weighted by atomic mass is 10.1. The van der Waals surface area contributed by atoms with Gasteiger partial charge in [0.15, 0.2) is 17.3 Å². The number of halogens is 1. The molecule has 0 saturated heterocycles. The molecule has 29 heavy (non-hydrogen) atoms. The number of hydrogen-bond donors (Lipinski definition) is 1. The van der Waals surface area contributed by atoms with Gasteiger partial charge in [-0.05, 0) is 29.8 Å². The smallest absolute Gasteiger partial charge is 0.340 e. The largest absolute Gasteiger partial charge is 0.493 e. The Bertz CT molecular complexity index is 1020. The van der Waals surface area contributed by atoms with Gasteiger partial charge in [0, 0.05) is 17.2 Å². The van der Waals surface area contributed by atoms with Crippen LogP contribution in [0, 0.1) is 0 Å². The maximum absolute atomic E-state index is 12.7. The number of amides is 1. The summed E-state index contributed by atoms with van der Waals surface area (Å²) in [4.78, 5) is 25.1. The van der Waals surface area contributed by atoms with E-state index in [-0.39, 0.29) is 23.6 Å². The number of furan rings is 1. The van der Waals surface area contributed by atoms with Crippen LogP contribution in [0.4, 0.5) is 5.69 Å². The highest BCUT2D eigenvalue weighted by molar-refractivity contribution is 6.30. The SMILES string of the molecule is COc1cc(NC(=O)c2ccco2)c(C(=O)OCc2cccc(Cl)c2)cc1OC. The lowest BCUT2D eigenvalue weighted by molar-refractivity contribution is 0.0473. The number of carbonyl (C=O) groups excluding carboxylic acids is 2. The number of methoxy groups -OCH3 is 2. The van der Waals surface area contributed by atoms with Crippen LogP contribution in [0.1, 0.15) is 26.5 Å². The van der Waals surface area contributed by atoms with Gasteiger partial charge in [-0.3, -0.25) is 4.79 Å². The molecule has 0 radical (unpaired) electrons. The molecule has 150 valence electrons. The van der Waals surface area contributed by atoms with E-state index < -0.39 is 11.9 Å². The molecular formula is C21H18ClNO6. The number of rotatable bonds is 7. The molecular weight excluding hydrogens is 398 g/mol. The van der Waals surface area contributed by atoms with E-state index in [0.29, 0.717) is 16.5 Å². The van der Waals surface area contributed by atoms with Crippen molar-refractivity contribution < 1.29 is 28.2 Å². The Kier molecular flexibility index (Phi) is 6.41. The molecule has 1 amide bonds. The molecule has 0 aliphatic carbocycles. The molecule has 0 atom stereocenters. The highest BCUT2D eigenvalue weighted by atomic mass is 35.5. The van der Waals surface area contributed by atoms with Gasteiger partial charge in [-0.25, -0.2) is 4.79 Å². The van der Waals surface area contributed by atoms with Gasteiger partial charge in [-0.2, -0.15) is 0 Å². The molecule has 3 aromatic rings. The minimum Gasteiger partial charge on any atom is -0.493 e. The Labute approximate surface area is 172 Å². The van der Waals surface area contributed by atoms with Crippen molar-refractivity contribution in [1.82, 2.24) is 0 Å². The highest BCUT2D eigenvalue weighted by Gasteiger charge is 2.21. The zero-order valence-electron chi connectivity index (χ0n) is 15.7. The number of hydrogen-bond acceptors (Lipinski definition) is 6. The molecule has 7 nitrogen and oxygen atoms in total. The first-order valence-electron chi connectivity index (χ1n) is 8.54. The van der Waals surface area contributed by atoms with Crippen molar-refractivity contribution in [2.24, 2.45) is 0 Å². The molecule has 1 heterocycles. The number of anilines is 1. The van der Waals surface area contributed by atoms with Crippen LogP contribution in [0.15, 0.2) is 59.2 Å². The van der Waals surface area contributed by atoms with Crippen LogP contribution in [0.5, 0.6) is 11.5 Å². The molecule has 3 rings (SSSR count). The summed E-state index contributed by atoms with van der Waals surface area (Å²) in [5.41, 5.74) is 1.03. The fraction of sp³-hybridized carbons (Fsp3) is 0.143. The molecule has 0 aliphatic rings. The molecule has 0 unspecified atom stereocenters.